The molecular weight excluding hydrogens is 447 g/mol. The van der Waals surface area contributed by atoms with E-state index in [1.165, 1.54) is 28.6 Å². The van der Waals surface area contributed by atoms with Crippen LogP contribution in [-0.4, -0.2) is 64.6 Å². The van der Waals surface area contributed by atoms with Gasteiger partial charge in [-0.25, -0.2) is 17.5 Å². The Morgan fingerprint density at radius 2 is 1.64 bits per heavy atom. The molecule has 10 heteroatoms. The maximum atomic E-state index is 13.3. The molecule has 1 fully saturated rings. The van der Waals surface area contributed by atoms with Crippen molar-refractivity contribution in [3.05, 3.63) is 70.8 Å². The Hall–Kier alpha value is -3.24. The zero-order valence-electron chi connectivity index (χ0n) is 18.6. The number of phenols is 1. The molecule has 1 aromatic heterocycles. The second-order valence-electron chi connectivity index (χ2n) is 8.10. The van der Waals surface area contributed by atoms with Gasteiger partial charge in [0.25, 0.3) is 5.91 Å². The average Bonchev–Trinajstić information content (AvgIpc) is 3.09. The van der Waals surface area contributed by atoms with Crippen LogP contribution in [0.2, 0.25) is 0 Å². The van der Waals surface area contributed by atoms with Crippen LogP contribution in [0, 0.1) is 26.6 Å². The number of benzene rings is 2. The Morgan fingerprint density at radius 1 is 1.00 bits per heavy atom. The van der Waals surface area contributed by atoms with E-state index in [1.54, 1.807) is 48.6 Å². The average molecular weight is 473 g/mol. The van der Waals surface area contributed by atoms with Crippen LogP contribution >= 0.6 is 0 Å². The number of aromatic hydroxyl groups is 1. The standard InChI is InChI=1S/C23H25FN4O4S/c1-15-4-9-20(29)21(14-15)33(31,32)27-12-10-26(11-13-27)23(30)22-16(2)25-28(17(22)3)19-7-5-18(24)6-8-19/h4-9,14,29H,10-13H2,1-3H3. The number of phenolic OH excluding ortho intramolecular Hbond substituents is 1. The van der Waals surface area contributed by atoms with Crippen molar-refractivity contribution in [1.82, 2.24) is 19.0 Å². The predicted molar refractivity (Wildman–Crippen MR) is 121 cm³/mol. The summed E-state index contributed by atoms with van der Waals surface area (Å²) in [6.07, 6.45) is 0. The molecule has 3 aromatic rings. The summed E-state index contributed by atoms with van der Waals surface area (Å²) < 4.78 is 42.2. The van der Waals surface area contributed by atoms with E-state index in [1.807, 2.05) is 0 Å². The summed E-state index contributed by atoms with van der Waals surface area (Å²) in [5.74, 6) is -0.879. The Labute approximate surface area is 191 Å². The van der Waals surface area contributed by atoms with Crippen LogP contribution < -0.4 is 0 Å². The summed E-state index contributed by atoms with van der Waals surface area (Å²) in [6, 6.07) is 10.3. The highest BCUT2D eigenvalue weighted by atomic mass is 32.2. The van der Waals surface area contributed by atoms with Gasteiger partial charge in [-0.05, 0) is 62.7 Å². The minimum absolute atomic E-state index is 0.117. The van der Waals surface area contributed by atoms with Crippen molar-refractivity contribution >= 4 is 15.9 Å². The number of aryl methyl sites for hydroxylation is 2. The summed E-state index contributed by atoms with van der Waals surface area (Å²) in [5, 5.41) is 14.5. The second-order valence-corrected chi connectivity index (χ2v) is 10.0. The van der Waals surface area contributed by atoms with Crippen LogP contribution in [0.25, 0.3) is 5.69 Å². The normalized spacial score (nSPS) is 15.1. The second kappa shape index (κ2) is 8.60. The van der Waals surface area contributed by atoms with Gasteiger partial charge >= 0.3 is 0 Å². The maximum absolute atomic E-state index is 13.3. The van der Waals surface area contributed by atoms with Gasteiger partial charge in [-0.1, -0.05) is 6.07 Å². The summed E-state index contributed by atoms with van der Waals surface area (Å²) >= 11 is 0. The van der Waals surface area contributed by atoms with Crippen LogP contribution in [0.1, 0.15) is 27.3 Å². The number of carbonyl (C=O) groups excluding carboxylic acids is 1. The quantitative estimate of drug-likeness (QED) is 0.630. The third-order valence-corrected chi connectivity index (χ3v) is 7.76. The molecule has 1 aliphatic rings. The number of hydrogen-bond acceptors (Lipinski definition) is 5. The molecule has 33 heavy (non-hydrogen) atoms. The molecule has 0 aliphatic carbocycles. The van der Waals surface area contributed by atoms with Gasteiger partial charge in [0.15, 0.2) is 0 Å². The van der Waals surface area contributed by atoms with Crippen LogP contribution in [-0.2, 0) is 10.0 Å². The SMILES string of the molecule is Cc1ccc(O)c(S(=O)(=O)N2CCN(C(=O)c3c(C)nn(-c4ccc(F)cc4)c3C)CC2)c1. The van der Waals surface area contributed by atoms with E-state index < -0.39 is 10.0 Å². The highest BCUT2D eigenvalue weighted by molar-refractivity contribution is 7.89. The third-order valence-electron chi connectivity index (χ3n) is 5.84. The van der Waals surface area contributed by atoms with Crippen molar-refractivity contribution in [1.29, 1.82) is 0 Å². The first-order chi connectivity index (χ1) is 15.6. The summed E-state index contributed by atoms with van der Waals surface area (Å²) in [6.45, 7) is 5.93. The molecule has 8 nitrogen and oxygen atoms in total. The fourth-order valence-corrected chi connectivity index (χ4v) is 5.63. The molecule has 1 N–H and O–H groups in total. The molecule has 2 aromatic carbocycles. The number of halogens is 1. The molecule has 2 heterocycles. The summed E-state index contributed by atoms with van der Waals surface area (Å²) in [7, 11) is -3.88. The van der Waals surface area contributed by atoms with Gasteiger partial charge in [0.05, 0.1) is 22.6 Å². The Balaban J connectivity index is 1.52. The van der Waals surface area contributed by atoms with Crippen molar-refractivity contribution in [3.63, 3.8) is 0 Å². The number of sulfonamides is 1. The van der Waals surface area contributed by atoms with Gasteiger partial charge in [0.1, 0.15) is 16.5 Å². The van der Waals surface area contributed by atoms with E-state index >= 15 is 0 Å². The van der Waals surface area contributed by atoms with Gasteiger partial charge in [-0.3, -0.25) is 4.79 Å². The Kier molecular flexibility index (Phi) is 5.98. The van der Waals surface area contributed by atoms with Crippen LogP contribution in [0.3, 0.4) is 0 Å². The molecule has 0 saturated carbocycles. The van der Waals surface area contributed by atoms with Crippen LogP contribution in [0.5, 0.6) is 5.75 Å². The lowest BCUT2D eigenvalue weighted by Crippen LogP contribution is -2.50. The third kappa shape index (κ3) is 4.23. The van der Waals surface area contributed by atoms with Crippen LogP contribution in [0.4, 0.5) is 4.39 Å². The van der Waals surface area contributed by atoms with Gasteiger partial charge in [0, 0.05) is 26.2 Å². The van der Waals surface area contributed by atoms with Crippen molar-refractivity contribution in [3.8, 4) is 11.4 Å². The lowest BCUT2D eigenvalue weighted by atomic mass is 10.1. The molecule has 0 spiro atoms. The number of carbonyl (C=O) groups is 1. The van der Waals surface area contributed by atoms with Gasteiger partial charge < -0.3 is 10.0 Å². The molecule has 0 unspecified atom stereocenters. The van der Waals surface area contributed by atoms with E-state index in [0.29, 0.717) is 22.6 Å². The van der Waals surface area contributed by atoms with E-state index in [9.17, 15) is 22.7 Å². The summed E-state index contributed by atoms with van der Waals surface area (Å²) in [4.78, 5) is 14.7. The lowest BCUT2D eigenvalue weighted by molar-refractivity contribution is 0.0696. The van der Waals surface area contributed by atoms with E-state index in [2.05, 4.69) is 5.10 Å². The highest BCUT2D eigenvalue weighted by Gasteiger charge is 2.33. The topological polar surface area (TPSA) is 95.7 Å². The molecule has 0 bridgehead atoms. The number of rotatable bonds is 4. The molecule has 4 rings (SSSR count). The molecule has 174 valence electrons. The molecule has 0 atom stereocenters. The number of hydrogen-bond donors (Lipinski definition) is 1. The van der Waals surface area contributed by atoms with Crippen molar-refractivity contribution < 1.29 is 22.7 Å². The molecule has 1 saturated heterocycles. The van der Waals surface area contributed by atoms with Crippen LogP contribution in [0.15, 0.2) is 47.4 Å². The fraction of sp³-hybridized carbons (Fsp3) is 0.304. The zero-order chi connectivity index (χ0) is 23.9. The highest BCUT2D eigenvalue weighted by Crippen LogP contribution is 2.28. The molecule has 1 aliphatic heterocycles. The largest absolute Gasteiger partial charge is 0.507 e. The van der Waals surface area contributed by atoms with E-state index in [0.717, 1.165) is 5.56 Å². The molecule has 0 radical (unpaired) electrons. The number of amides is 1. The first-order valence-corrected chi connectivity index (χ1v) is 11.9. The lowest BCUT2D eigenvalue weighted by Gasteiger charge is -2.34. The van der Waals surface area contributed by atoms with Crippen molar-refractivity contribution in [2.24, 2.45) is 0 Å². The smallest absolute Gasteiger partial charge is 0.257 e. The van der Waals surface area contributed by atoms with Crippen molar-refractivity contribution in [2.45, 2.75) is 25.7 Å². The number of piperazine rings is 1. The minimum Gasteiger partial charge on any atom is -0.507 e. The minimum atomic E-state index is -3.88. The zero-order valence-corrected chi connectivity index (χ0v) is 19.4. The first-order valence-electron chi connectivity index (χ1n) is 10.5. The van der Waals surface area contributed by atoms with Gasteiger partial charge in [-0.2, -0.15) is 9.40 Å². The van der Waals surface area contributed by atoms with E-state index in [-0.39, 0.29) is 48.5 Å². The van der Waals surface area contributed by atoms with Crippen molar-refractivity contribution in [2.75, 3.05) is 26.2 Å². The molecule has 1 amide bonds. The first kappa shape index (κ1) is 22.9. The predicted octanol–water partition coefficient (Wildman–Crippen LogP) is 2.79. The monoisotopic (exact) mass is 472 g/mol. The Bertz CT molecular complexity index is 1310. The number of nitrogens with zero attached hydrogens (tertiary/aromatic N) is 4. The molecular formula is C23H25FN4O4S. The van der Waals surface area contributed by atoms with Gasteiger partial charge in [0.2, 0.25) is 10.0 Å². The maximum Gasteiger partial charge on any atom is 0.257 e. The fourth-order valence-electron chi connectivity index (χ4n) is 4.04. The number of aromatic nitrogens is 2. The van der Waals surface area contributed by atoms with E-state index in [4.69, 9.17) is 0 Å². The van der Waals surface area contributed by atoms with Gasteiger partial charge in [-0.15, -0.1) is 0 Å². The Morgan fingerprint density at radius 3 is 2.27 bits per heavy atom. The summed E-state index contributed by atoms with van der Waals surface area (Å²) in [5.41, 5.74) is 2.99.